The van der Waals surface area contributed by atoms with E-state index in [1.165, 1.54) is 0 Å². The standard InChI is InChI=1S/C16H29N3O/c1-7-17-13(8-12(2)16(3,4)5)9-14-10-15(20-6)19-11-18-14/h10-13,17H,7-9H2,1-6H3. The molecule has 0 bridgehead atoms. The molecule has 0 amide bonds. The van der Waals surface area contributed by atoms with Crippen molar-refractivity contribution in [2.45, 2.75) is 53.5 Å². The molecule has 1 rings (SSSR count). The van der Waals surface area contributed by atoms with Crippen molar-refractivity contribution in [2.75, 3.05) is 13.7 Å². The van der Waals surface area contributed by atoms with E-state index in [0.29, 0.717) is 23.3 Å². The zero-order valence-electron chi connectivity index (χ0n) is 13.7. The molecule has 0 spiro atoms. The maximum Gasteiger partial charge on any atom is 0.216 e. The fourth-order valence-electron chi connectivity index (χ4n) is 2.16. The van der Waals surface area contributed by atoms with E-state index in [1.807, 2.05) is 6.07 Å². The third-order valence-corrected chi connectivity index (χ3v) is 3.97. The number of hydrogen-bond acceptors (Lipinski definition) is 4. The molecule has 4 heteroatoms. The Morgan fingerprint density at radius 2 is 2.00 bits per heavy atom. The molecular formula is C16H29N3O. The van der Waals surface area contributed by atoms with Gasteiger partial charge in [-0.25, -0.2) is 9.97 Å². The van der Waals surface area contributed by atoms with E-state index in [9.17, 15) is 0 Å². The minimum absolute atomic E-state index is 0.330. The van der Waals surface area contributed by atoms with Gasteiger partial charge < -0.3 is 10.1 Å². The number of hydrogen-bond donors (Lipinski definition) is 1. The minimum atomic E-state index is 0.330. The lowest BCUT2D eigenvalue weighted by Gasteiger charge is -2.31. The normalized spacial score (nSPS) is 14.9. The Labute approximate surface area is 123 Å². The van der Waals surface area contributed by atoms with Gasteiger partial charge in [0.2, 0.25) is 5.88 Å². The van der Waals surface area contributed by atoms with Gasteiger partial charge in [-0.15, -0.1) is 0 Å². The molecule has 20 heavy (non-hydrogen) atoms. The molecule has 1 aromatic rings. The van der Waals surface area contributed by atoms with Crippen LogP contribution in [-0.2, 0) is 6.42 Å². The van der Waals surface area contributed by atoms with Crippen LogP contribution < -0.4 is 10.1 Å². The van der Waals surface area contributed by atoms with Gasteiger partial charge in [-0.2, -0.15) is 0 Å². The van der Waals surface area contributed by atoms with Crippen LogP contribution in [0.5, 0.6) is 5.88 Å². The van der Waals surface area contributed by atoms with Gasteiger partial charge in [-0.3, -0.25) is 0 Å². The molecule has 114 valence electrons. The predicted octanol–water partition coefficient (Wildman–Crippen LogP) is 3.08. The second-order valence-corrected chi connectivity index (χ2v) is 6.51. The lowest BCUT2D eigenvalue weighted by atomic mass is 9.78. The van der Waals surface area contributed by atoms with E-state index in [4.69, 9.17) is 4.74 Å². The SMILES string of the molecule is CCNC(Cc1cc(OC)ncn1)CC(C)C(C)(C)C. The maximum absolute atomic E-state index is 5.16. The largest absolute Gasteiger partial charge is 0.481 e. The third kappa shape index (κ3) is 5.45. The first-order valence-electron chi connectivity index (χ1n) is 7.45. The zero-order valence-corrected chi connectivity index (χ0v) is 13.7. The fraction of sp³-hybridized carbons (Fsp3) is 0.750. The number of nitrogens with zero attached hydrogens (tertiary/aromatic N) is 2. The van der Waals surface area contributed by atoms with Crippen molar-refractivity contribution in [3.05, 3.63) is 18.1 Å². The summed E-state index contributed by atoms with van der Waals surface area (Å²) in [6.45, 7) is 12.3. The Bertz CT molecular complexity index is 401. The second kappa shape index (κ2) is 7.58. The van der Waals surface area contributed by atoms with E-state index in [1.54, 1.807) is 13.4 Å². The number of methoxy groups -OCH3 is 1. The number of ether oxygens (including phenoxy) is 1. The number of nitrogens with one attached hydrogen (secondary N) is 1. The lowest BCUT2D eigenvalue weighted by Crippen LogP contribution is -2.35. The molecule has 2 atom stereocenters. The number of rotatable bonds is 7. The first-order valence-corrected chi connectivity index (χ1v) is 7.45. The van der Waals surface area contributed by atoms with Crippen LogP contribution in [0.25, 0.3) is 0 Å². The van der Waals surface area contributed by atoms with E-state index in [0.717, 1.165) is 25.1 Å². The van der Waals surface area contributed by atoms with E-state index in [2.05, 4.69) is 49.9 Å². The molecule has 0 aliphatic carbocycles. The quantitative estimate of drug-likeness (QED) is 0.833. The molecule has 0 aliphatic rings. The maximum atomic E-state index is 5.16. The van der Waals surface area contributed by atoms with E-state index in [-0.39, 0.29) is 0 Å². The predicted molar refractivity (Wildman–Crippen MR) is 83.0 cm³/mol. The highest BCUT2D eigenvalue weighted by atomic mass is 16.5. The Morgan fingerprint density at radius 3 is 2.55 bits per heavy atom. The van der Waals surface area contributed by atoms with Crippen molar-refractivity contribution >= 4 is 0 Å². The van der Waals surface area contributed by atoms with Crippen LogP contribution in [-0.4, -0.2) is 29.7 Å². The Morgan fingerprint density at radius 1 is 1.30 bits per heavy atom. The van der Waals surface area contributed by atoms with Crippen molar-refractivity contribution in [3.8, 4) is 5.88 Å². The smallest absolute Gasteiger partial charge is 0.216 e. The van der Waals surface area contributed by atoms with Crippen molar-refractivity contribution in [1.82, 2.24) is 15.3 Å². The molecule has 1 heterocycles. The minimum Gasteiger partial charge on any atom is -0.481 e. The summed E-state index contributed by atoms with van der Waals surface area (Å²) in [7, 11) is 1.63. The highest BCUT2D eigenvalue weighted by Crippen LogP contribution is 2.29. The molecule has 4 nitrogen and oxygen atoms in total. The summed E-state index contributed by atoms with van der Waals surface area (Å²) in [4.78, 5) is 8.41. The molecule has 1 N–H and O–H groups in total. The molecule has 2 unspecified atom stereocenters. The van der Waals surface area contributed by atoms with Gasteiger partial charge in [0.15, 0.2) is 0 Å². The van der Waals surface area contributed by atoms with Crippen molar-refractivity contribution in [1.29, 1.82) is 0 Å². The highest BCUT2D eigenvalue weighted by molar-refractivity contribution is 5.14. The summed E-state index contributed by atoms with van der Waals surface area (Å²) in [5.41, 5.74) is 1.36. The second-order valence-electron chi connectivity index (χ2n) is 6.51. The topological polar surface area (TPSA) is 47.0 Å². The molecule has 0 aromatic carbocycles. The van der Waals surface area contributed by atoms with Gasteiger partial charge >= 0.3 is 0 Å². The average Bonchev–Trinajstić information content (AvgIpc) is 2.38. The van der Waals surface area contributed by atoms with Gasteiger partial charge in [0.1, 0.15) is 6.33 Å². The van der Waals surface area contributed by atoms with E-state index >= 15 is 0 Å². The zero-order chi connectivity index (χ0) is 15.2. The number of likely N-dealkylation sites (N-methyl/N-ethyl adjacent to an activating group) is 1. The first-order chi connectivity index (χ1) is 9.36. The van der Waals surface area contributed by atoms with Crippen LogP contribution in [0.3, 0.4) is 0 Å². The van der Waals surface area contributed by atoms with E-state index < -0.39 is 0 Å². The van der Waals surface area contributed by atoms with Crippen molar-refractivity contribution < 1.29 is 4.74 Å². The number of aromatic nitrogens is 2. The van der Waals surface area contributed by atoms with Gasteiger partial charge in [-0.1, -0.05) is 34.6 Å². The molecule has 0 radical (unpaired) electrons. The highest BCUT2D eigenvalue weighted by Gasteiger charge is 2.23. The summed E-state index contributed by atoms with van der Waals surface area (Å²) in [6.07, 6.45) is 3.63. The lowest BCUT2D eigenvalue weighted by molar-refractivity contribution is 0.222. The van der Waals surface area contributed by atoms with Crippen LogP contribution in [0.2, 0.25) is 0 Å². The van der Waals surface area contributed by atoms with Crippen LogP contribution in [0.15, 0.2) is 12.4 Å². The fourth-order valence-corrected chi connectivity index (χ4v) is 2.16. The van der Waals surface area contributed by atoms with Gasteiger partial charge in [0.25, 0.3) is 0 Å². The summed E-state index contributed by atoms with van der Waals surface area (Å²) < 4.78 is 5.16. The van der Waals surface area contributed by atoms with Crippen molar-refractivity contribution in [2.24, 2.45) is 11.3 Å². The molecule has 0 saturated heterocycles. The van der Waals surface area contributed by atoms with Crippen LogP contribution >= 0.6 is 0 Å². The van der Waals surface area contributed by atoms with Crippen LogP contribution in [0, 0.1) is 11.3 Å². The Hall–Kier alpha value is -1.16. The Balaban J connectivity index is 2.71. The summed E-state index contributed by atoms with van der Waals surface area (Å²) in [5, 5.41) is 3.57. The first kappa shape index (κ1) is 16.9. The summed E-state index contributed by atoms with van der Waals surface area (Å²) in [6, 6.07) is 2.36. The van der Waals surface area contributed by atoms with Gasteiger partial charge in [0.05, 0.1) is 7.11 Å². The average molecular weight is 279 g/mol. The molecular weight excluding hydrogens is 250 g/mol. The third-order valence-electron chi connectivity index (χ3n) is 3.97. The summed E-state index contributed by atoms with van der Waals surface area (Å²) >= 11 is 0. The molecule has 0 aliphatic heterocycles. The molecule has 1 aromatic heterocycles. The Kier molecular flexibility index (Phi) is 6.40. The van der Waals surface area contributed by atoms with Crippen LogP contribution in [0.4, 0.5) is 0 Å². The molecule has 0 fully saturated rings. The van der Waals surface area contributed by atoms with Gasteiger partial charge in [-0.05, 0) is 24.3 Å². The van der Waals surface area contributed by atoms with Gasteiger partial charge in [0, 0.05) is 24.2 Å². The molecule has 0 saturated carbocycles. The van der Waals surface area contributed by atoms with Crippen LogP contribution in [0.1, 0.15) is 46.7 Å². The summed E-state index contributed by atoms with van der Waals surface area (Å²) in [5.74, 6) is 1.28. The van der Waals surface area contributed by atoms with Crippen molar-refractivity contribution in [3.63, 3.8) is 0 Å². The monoisotopic (exact) mass is 279 g/mol.